The zero-order valence-electron chi connectivity index (χ0n) is 17.2. The number of hydrogen-bond acceptors (Lipinski definition) is 3. The van der Waals surface area contributed by atoms with Gasteiger partial charge in [-0.3, -0.25) is 14.6 Å². The van der Waals surface area contributed by atoms with Crippen LogP contribution < -0.4 is 10.6 Å². The summed E-state index contributed by atoms with van der Waals surface area (Å²) in [5.74, 6) is -0.104. The second-order valence-corrected chi connectivity index (χ2v) is 7.67. The van der Waals surface area contributed by atoms with E-state index in [1.807, 2.05) is 19.9 Å². The van der Waals surface area contributed by atoms with Crippen molar-refractivity contribution in [1.29, 1.82) is 0 Å². The summed E-state index contributed by atoms with van der Waals surface area (Å²) in [6.07, 6.45) is 7.83. The number of aryl methyl sites for hydroxylation is 1. The molecule has 1 aromatic carbocycles. The molecule has 0 bridgehead atoms. The van der Waals surface area contributed by atoms with Gasteiger partial charge in [-0.25, -0.2) is 4.39 Å². The van der Waals surface area contributed by atoms with Gasteiger partial charge in [0.05, 0.1) is 6.04 Å². The molecule has 1 unspecified atom stereocenters. The minimum absolute atomic E-state index is 0.000746. The van der Waals surface area contributed by atoms with Crippen LogP contribution in [0.4, 0.5) is 10.1 Å². The third-order valence-corrected chi connectivity index (χ3v) is 5.70. The van der Waals surface area contributed by atoms with Crippen molar-refractivity contribution in [3.63, 3.8) is 0 Å². The summed E-state index contributed by atoms with van der Waals surface area (Å²) in [6, 6.07) is 3.09. The van der Waals surface area contributed by atoms with Gasteiger partial charge in [-0.2, -0.15) is 0 Å². The summed E-state index contributed by atoms with van der Waals surface area (Å²) in [7, 11) is 0. The molecule has 3 rings (SSSR count). The number of rotatable bonds is 7. The molecule has 0 fully saturated rings. The molecule has 6 heteroatoms. The quantitative estimate of drug-likeness (QED) is 0.673. The molecule has 0 radical (unpaired) electrons. The average molecular weight is 397 g/mol. The van der Waals surface area contributed by atoms with Crippen LogP contribution in [-0.2, 0) is 22.4 Å². The number of carbonyl (C=O) groups excluding carboxylic acids is 2. The Bertz CT molecular complexity index is 913. The number of nitrogens with zero attached hydrogens (tertiary/aromatic N) is 1. The van der Waals surface area contributed by atoms with E-state index in [4.69, 9.17) is 0 Å². The van der Waals surface area contributed by atoms with Gasteiger partial charge in [0.25, 0.3) is 0 Å². The van der Waals surface area contributed by atoms with Crippen LogP contribution in [0.2, 0.25) is 0 Å². The van der Waals surface area contributed by atoms with E-state index in [1.54, 1.807) is 12.4 Å². The third kappa shape index (κ3) is 4.31. The molecule has 1 heterocycles. The Morgan fingerprint density at radius 1 is 1.28 bits per heavy atom. The van der Waals surface area contributed by atoms with E-state index in [0.717, 1.165) is 47.9 Å². The number of hydrogen-bond donors (Lipinski definition) is 2. The fourth-order valence-corrected chi connectivity index (χ4v) is 4.12. The van der Waals surface area contributed by atoms with Gasteiger partial charge in [-0.05, 0) is 54.0 Å². The lowest BCUT2D eigenvalue weighted by atomic mass is 9.78. The molecule has 29 heavy (non-hydrogen) atoms. The molecular formula is C23H28FN3O2. The van der Waals surface area contributed by atoms with E-state index in [9.17, 15) is 9.59 Å². The summed E-state index contributed by atoms with van der Waals surface area (Å²) in [5.41, 5.74) is 4.66. The Labute approximate surface area is 171 Å². The molecule has 0 saturated heterocycles. The summed E-state index contributed by atoms with van der Waals surface area (Å²) >= 11 is 0. The van der Waals surface area contributed by atoms with Crippen LogP contribution in [0, 0.1) is 11.7 Å². The van der Waals surface area contributed by atoms with E-state index in [0.29, 0.717) is 24.1 Å². The van der Waals surface area contributed by atoms with Gasteiger partial charge in [0.2, 0.25) is 12.3 Å². The molecule has 5 nitrogen and oxygen atoms in total. The number of amides is 2. The average Bonchev–Trinajstić information content (AvgIpc) is 2.71. The maximum absolute atomic E-state index is 15.0. The van der Waals surface area contributed by atoms with Crippen molar-refractivity contribution >= 4 is 18.0 Å². The summed E-state index contributed by atoms with van der Waals surface area (Å²) in [4.78, 5) is 27.3. The van der Waals surface area contributed by atoms with Crippen LogP contribution in [0.15, 0.2) is 24.5 Å². The predicted octanol–water partition coefficient (Wildman–Crippen LogP) is 4.56. The standard InChI is InChI=1S/C23H28FN3O2/c1-4-6-15-9-17(20(24)10-21(15)26-13-28)18-11-25-12-19-16(18)8-7-14(3)23(19)27-22(29)5-2/h9-14,23H,4-8H2,1-3H3,(H,26,28)(H,27,29)/t14-,23?/m0/s1. The fourth-order valence-electron chi connectivity index (χ4n) is 4.12. The number of benzene rings is 1. The molecule has 154 valence electrons. The van der Waals surface area contributed by atoms with Gasteiger partial charge in [0, 0.05) is 35.6 Å². The Kier molecular flexibility index (Phi) is 6.62. The van der Waals surface area contributed by atoms with E-state index >= 15 is 4.39 Å². The van der Waals surface area contributed by atoms with Crippen molar-refractivity contribution < 1.29 is 14.0 Å². The SMILES string of the molecule is CCCc1cc(-c2cncc3c2CC[C@H](C)C3NC(=O)CC)c(F)cc1NC=O. The van der Waals surface area contributed by atoms with Crippen LogP contribution in [0.3, 0.4) is 0 Å². The van der Waals surface area contributed by atoms with E-state index in [-0.39, 0.29) is 17.9 Å². The summed E-state index contributed by atoms with van der Waals surface area (Å²) in [5, 5.41) is 5.70. The molecular weight excluding hydrogens is 369 g/mol. The van der Waals surface area contributed by atoms with Gasteiger partial charge in [-0.15, -0.1) is 0 Å². The molecule has 0 saturated carbocycles. The molecule has 2 amide bonds. The molecule has 1 aromatic heterocycles. The molecule has 2 aromatic rings. The van der Waals surface area contributed by atoms with Crippen LogP contribution >= 0.6 is 0 Å². The highest BCUT2D eigenvalue weighted by atomic mass is 19.1. The van der Waals surface area contributed by atoms with Gasteiger partial charge in [0.15, 0.2) is 0 Å². The number of nitrogens with one attached hydrogen (secondary N) is 2. The van der Waals surface area contributed by atoms with E-state index in [1.165, 1.54) is 6.07 Å². The zero-order valence-corrected chi connectivity index (χ0v) is 17.2. The summed E-state index contributed by atoms with van der Waals surface area (Å²) < 4.78 is 15.0. The minimum atomic E-state index is -0.392. The van der Waals surface area contributed by atoms with Crippen LogP contribution in [0.1, 0.15) is 62.8 Å². The highest BCUT2D eigenvalue weighted by molar-refractivity contribution is 5.79. The van der Waals surface area contributed by atoms with E-state index in [2.05, 4.69) is 22.5 Å². The Hall–Kier alpha value is -2.76. The minimum Gasteiger partial charge on any atom is -0.349 e. The van der Waals surface area contributed by atoms with Crippen LogP contribution in [0.25, 0.3) is 11.1 Å². The predicted molar refractivity (Wildman–Crippen MR) is 112 cm³/mol. The van der Waals surface area contributed by atoms with E-state index < -0.39 is 5.82 Å². The number of halogens is 1. The largest absolute Gasteiger partial charge is 0.349 e. The van der Waals surface area contributed by atoms with Crippen LogP contribution in [0.5, 0.6) is 0 Å². The first kappa shape index (κ1) is 21.0. The van der Waals surface area contributed by atoms with Gasteiger partial charge >= 0.3 is 0 Å². The molecule has 1 aliphatic rings. The van der Waals surface area contributed by atoms with Crippen molar-refractivity contribution in [2.75, 3.05) is 5.32 Å². The number of carbonyl (C=O) groups is 2. The number of aromatic nitrogens is 1. The first-order valence-electron chi connectivity index (χ1n) is 10.3. The second-order valence-electron chi connectivity index (χ2n) is 7.67. The highest BCUT2D eigenvalue weighted by Crippen LogP contribution is 2.40. The number of anilines is 1. The number of fused-ring (bicyclic) bond motifs is 1. The topological polar surface area (TPSA) is 71.1 Å². The maximum atomic E-state index is 15.0. The Morgan fingerprint density at radius 3 is 2.76 bits per heavy atom. The maximum Gasteiger partial charge on any atom is 0.220 e. The molecule has 2 atom stereocenters. The van der Waals surface area contributed by atoms with Crippen molar-refractivity contribution in [1.82, 2.24) is 10.3 Å². The summed E-state index contributed by atoms with van der Waals surface area (Å²) in [6.45, 7) is 6.00. The smallest absolute Gasteiger partial charge is 0.220 e. The number of pyridine rings is 1. The fraction of sp³-hybridized carbons (Fsp3) is 0.435. The van der Waals surface area contributed by atoms with Crippen molar-refractivity contribution in [3.8, 4) is 11.1 Å². The van der Waals surface area contributed by atoms with Gasteiger partial charge in [-0.1, -0.05) is 27.2 Å². The lowest BCUT2D eigenvalue weighted by Crippen LogP contribution is -2.35. The first-order chi connectivity index (χ1) is 14.0. The highest BCUT2D eigenvalue weighted by Gasteiger charge is 2.30. The van der Waals surface area contributed by atoms with Gasteiger partial charge < -0.3 is 10.6 Å². The normalized spacial score (nSPS) is 18.1. The lowest BCUT2D eigenvalue weighted by Gasteiger charge is -2.33. The van der Waals surface area contributed by atoms with Crippen molar-refractivity contribution in [2.24, 2.45) is 5.92 Å². The molecule has 2 N–H and O–H groups in total. The first-order valence-corrected chi connectivity index (χ1v) is 10.3. The van der Waals surface area contributed by atoms with Crippen molar-refractivity contribution in [2.45, 2.75) is 58.9 Å². The third-order valence-electron chi connectivity index (χ3n) is 5.70. The second kappa shape index (κ2) is 9.16. The van der Waals surface area contributed by atoms with Gasteiger partial charge in [0.1, 0.15) is 5.82 Å². The lowest BCUT2D eigenvalue weighted by molar-refractivity contribution is -0.122. The van der Waals surface area contributed by atoms with Crippen LogP contribution in [-0.4, -0.2) is 17.3 Å². The molecule has 1 aliphatic carbocycles. The monoisotopic (exact) mass is 397 g/mol. The Balaban J connectivity index is 2.10. The zero-order chi connectivity index (χ0) is 21.0. The Morgan fingerprint density at radius 2 is 2.07 bits per heavy atom. The van der Waals surface area contributed by atoms with Crippen molar-refractivity contribution in [3.05, 3.63) is 47.0 Å². The molecule has 0 spiro atoms. The molecule has 0 aliphatic heterocycles.